The minimum absolute atomic E-state index is 0.0609. The Bertz CT molecular complexity index is 609. The number of hydrogen-bond donors (Lipinski definition) is 0. The van der Waals surface area contributed by atoms with E-state index in [9.17, 15) is 4.79 Å². The molecule has 0 radical (unpaired) electrons. The highest BCUT2D eigenvalue weighted by Crippen LogP contribution is 2.18. The molecule has 3 heterocycles. The van der Waals surface area contributed by atoms with Crippen molar-refractivity contribution in [2.75, 3.05) is 26.2 Å². The van der Waals surface area contributed by atoms with E-state index in [4.69, 9.17) is 0 Å². The van der Waals surface area contributed by atoms with E-state index in [-0.39, 0.29) is 5.91 Å². The lowest BCUT2D eigenvalue weighted by molar-refractivity contribution is 0.0628. The van der Waals surface area contributed by atoms with Crippen molar-refractivity contribution in [3.63, 3.8) is 0 Å². The summed E-state index contributed by atoms with van der Waals surface area (Å²) in [6, 6.07) is 7.86. The molecule has 0 saturated carbocycles. The van der Waals surface area contributed by atoms with Gasteiger partial charge in [-0.15, -0.1) is 11.3 Å². The van der Waals surface area contributed by atoms with Gasteiger partial charge in [0.1, 0.15) is 4.60 Å². The highest BCUT2D eigenvalue weighted by Gasteiger charge is 2.23. The molecular formula is C15H16BrN3OS. The van der Waals surface area contributed by atoms with Crippen molar-refractivity contribution in [1.29, 1.82) is 0 Å². The fraction of sp³-hybridized carbons (Fsp3) is 0.333. The zero-order chi connectivity index (χ0) is 14.7. The molecule has 0 bridgehead atoms. The number of amides is 1. The molecule has 4 nitrogen and oxygen atoms in total. The second-order valence-electron chi connectivity index (χ2n) is 4.99. The first-order chi connectivity index (χ1) is 10.2. The van der Waals surface area contributed by atoms with Crippen LogP contribution in [0.15, 0.2) is 40.4 Å². The number of piperazine rings is 1. The first-order valence-corrected chi connectivity index (χ1v) is 8.56. The number of hydrogen-bond acceptors (Lipinski definition) is 4. The average Bonchev–Trinajstić information content (AvgIpc) is 3.01. The molecule has 1 fully saturated rings. The third-order valence-corrected chi connectivity index (χ3v) is 5.10. The van der Waals surface area contributed by atoms with E-state index in [1.165, 1.54) is 4.88 Å². The number of rotatable bonds is 3. The van der Waals surface area contributed by atoms with Gasteiger partial charge >= 0.3 is 0 Å². The minimum Gasteiger partial charge on any atom is -0.336 e. The Labute approximate surface area is 136 Å². The van der Waals surface area contributed by atoms with Crippen LogP contribution in [-0.4, -0.2) is 46.9 Å². The van der Waals surface area contributed by atoms with Crippen molar-refractivity contribution >= 4 is 33.2 Å². The third kappa shape index (κ3) is 3.51. The van der Waals surface area contributed by atoms with Gasteiger partial charge < -0.3 is 4.90 Å². The van der Waals surface area contributed by atoms with Crippen LogP contribution in [0.3, 0.4) is 0 Å². The number of nitrogens with zero attached hydrogens (tertiary/aromatic N) is 3. The van der Waals surface area contributed by atoms with E-state index in [1.54, 1.807) is 23.6 Å². The van der Waals surface area contributed by atoms with Gasteiger partial charge in [-0.3, -0.25) is 9.69 Å². The van der Waals surface area contributed by atoms with Crippen molar-refractivity contribution in [2.45, 2.75) is 6.54 Å². The van der Waals surface area contributed by atoms with E-state index in [1.807, 2.05) is 11.0 Å². The number of carbonyl (C=O) groups is 1. The molecule has 3 rings (SSSR count). The molecular weight excluding hydrogens is 350 g/mol. The van der Waals surface area contributed by atoms with Gasteiger partial charge in [0.25, 0.3) is 5.91 Å². The van der Waals surface area contributed by atoms with Gasteiger partial charge in [-0.25, -0.2) is 4.98 Å². The summed E-state index contributed by atoms with van der Waals surface area (Å²) in [7, 11) is 0. The Kier molecular flexibility index (Phi) is 4.67. The minimum atomic E-state index is 0.0609. The normalized spacial score (nSPS) is 16.1. The molecule has 1 aliphatic heterocycles. The molecule has 1 saturated heterocycles. The summed E-state index contributed by atoms with van der Waals surface area (Å²) in [4.78, 5) is 22.3. The molecule has 1 amide bonds. The van der Waals surface area contributed by atoms with E-state index >= 15 is 0 Å². The van der Waals surface area contributed by atoms with Gasteiger partial charge in [-0.05, 0) is 39.5 Å². The monoisotopic (exact) mass is 365 g/mol. The molecule has 0 unspecified atom stereocenters. The summed E-state index contributed by atoms with van der Waals surface area (Å²) in [5.74, 6) is 0.0609. The van der Waals surface area contributed by atoms with Gasteiger partial charge in [0, 0.05) is 43.8 Å². The summed E-state index contributed by atoms with van der Waals surface area (Å²) >= 11 is 5.13. The van der Waals surface area contributed by atoms with E-state index in [0.717, 1.165) is 32.7 Å². The van der Waals surface area contributed by atoms with Crippen molar-refractivity contribution in [1.82, 2.24) is 14.8 Å². The quantitative estimate of drug-likeness (QED) is 0.784. The van der Waals surface area contributed by atoms with E-state index in [2.05, 4.69) is 43.3 Å². The second-order valence-corrected chi connectivity index (χ2v) is 6.77. The van der Waals surface area contributed by atoms with Crippen LogP contribution in [0, 0.1) is 0 Å². The lowest BCUT2D eigenvalue weighted by atomic mass is 10.2. The zero-order valence-electron chi connectivity index (χ0n) is 11.5. The van der Waals surface area contributed by atoms with Crippen molar-refractivity contribution in [3.05, 3.63) is 50.9 Å². The molecule has 1 aliphatic rings. The van der Waals surface area contributed by atoms with Crippen LogP contribution in [0.4, 0.5) is 0 Å². The SMILES string of the molecule is O=C(c1cccnc1Br)N1CCN(Cc2cccs2)CC1. The van der Waals surface area contributed by atoms with Crippen LogP contribution in [0.2, 0.25) is 0 Å². The highest BCUT2D eigenvalue weighted by atomic mass is 79.9. The second kappa shape index (κ2) is 6.68. The number of thiophene rings is 1. The van der Waals surface area contributed by atoms with E-state index in [0.29, 0.717) is 10.2 Å². The van der Waals surface area contributed by atoms with Gasteiger partial charge in [-0.2, -0.15) is 0 Å². The molecule has 2 aromatic heterocycles. The highest BCUT2D eigenvalue weighted by molar-refractivity contribution is 9.10. The molecule has 21 heavy (non-hydrogen) atoms. The molecule has 2 aromatic rings. The maximum atomic E-state index is 12.5. The van der Waals surface area contributed by atoms with Crippen LogP contribution >= 0.6 is 27.3 Å². The van der Waals surface area contributed by atoms with Crippen LogP contribution < -0.4 is 0 Å². The van der Waals surface area contributed by atoms with Crippen LogP contribution in [0.1, 0.15) is 15.2 Å². The van der Waals surface area contributed by atoms with Gasteiger partial charge in [0.2, 0.25) is 0 Å². The molecule has 6 heteroatoms. The summed E-state index contributed by atoms with van der Waals surface area (Å²) < 4.78 is 0.621. The Morgan fingerprint density at radius 2 is 2.05 bits per heavy atom. The maximum Gasteiger partial charge on any atom is 0.256 e. The molecule has 0 N–H and O–H groups in total. The number of carbonyl (C=O) groups excluding carboxylic acids is 1. The Balaban J connectivity index is 1.58. The molecule has 0 aromatic carbocycles. The van der Waals surface area contributed by atoms with Crippen molar-refractivity contribution in [2.24, 2.45) is 0 Å². The smallest absolute Gasteiger partial charge is 0.256 e. The summed E-state index contributed by atoms with van der Waals surface area (Å²) in [6.07, 6.45) is 1.68. The van der Waals surface area contributed by atoms with Crippen molar-refractivity contribution in [3.8, 4) is 0 Å². The van der Waals surface area contributed by atoms with Gasteiger partial charge in [-0.1, -0.05) is 6.07 Å². The Morgan fingerprint density at radius 1 is 1.24 bits per heavy atom. The average molecular weight is 366 g/mol. The standard InChI is InChI=1S/C15H16BrN3OS/c16-14-13(4-1-5-17-14)15(20)19-8-6-18(7-9-19)11-12-3-2-10-21-12/h1-5,10H,6-9,11H2. The molecule has 110 valence electrons. The third-order valence-electron chi connectivity index (χ3n) is 3.61. The fourth-order valence-corrected chi connectivity index (χ4v) is 3.61. The fourth-order valence-electron chi connectivity index (χ4n) is 2.45. The Morgan fingerprint density at radius 3 is 2.71 bits per heavy atom. The van der Waals surface area contributed by atoms with Crippen LogP contribution in [-0.2, 0) is 6.54 Å². The predicted molar refractivity (Wildman–Crippen MR) is 87.4 cm³/mol. The molecule has 0 aliphatic carbocycles. The molecule has 0 spiro atoms. The summed E-state index contributed by atoms with van der Waals surface area (Å²) in [5.41, 5.74) is 0.643. The first-order valence-electron chi connectivity index (χ1n) is 6.88. The maximum absolute atomic E-state index is 12.5. The van der Waals surface area contributed by atoms with Crippen LogP contribution in [0.25, 0.3) is 0 Å². The number of pyridine rings is 1. The largest absolute Gasteiger partial charge is 0.336 e. The zero-order valence-corrected chi connectivity index (χ0v) is 13.9. The topological polar surface area (TPSA) is 36.4 Å². The summed E-state index contributed by atoms with van der Waals surface area (Å²) in [5, 5.41) is 2.11. The van der Waals surface area contributed by atoms with Crippen molar-refractivity contribution < 1.29 is 4.79 Å². The molecule has 0 atom stereocenters. The predicted octanol–water partition coefficient (Wildman–Crippen LogP) is 2.86. The Hall–Kier alpha value is -1.24. The van der Waals surface area contributed by atoms with Gasteiger partial charge in [0.05, 0.1) is 5.56 Å². The summed E-state index contributed by atoms with van der Waals surface area (Å²) in [6.45, 7) is 4.36. The van der Waals surface area contributed by atoms with Crippen LogP contribution in [0.5, 0.6) is 0 Å². The number of halogens is 1. The van der Waals surface area contributed by atoms with Gasteiger partial charge in [0.15, 0.2) is 0 Å². The lowest BCUT2D eigenvalue weighted by Crippen LogP contribution is -2.48. The van der Waals surface area contributed by atoms with E-state index < -0.39 is 0 Å². The lowest BCUT2D eigenvalue weighted by Gasteiger charge is -2.34. The number of aromatic nitrogens is 1. The first kappa shape index (κ1) is 14.7.